The number of H-pyrrole nitrogens is 1. The van der Waals surface area contributed by atoms with Crippen LogP contribution in [0.15, 0.2) is 36.8 Å². The van der Waals surface area contributed by atoms with Crippen molar-refractivity contribution in [2.75, 3.05) is 6.61 Å². The molecule has 106 valence electrons. The molecule has 2 N–H and O–H groups in total. The molecular weight excluding hydrogens is 254 g/mol. The fourth-order valence-electron chi connectivity index (χ4n) is 1.62. The second-order valence-corrected chi connectivity index (χ2v) is 4.99. The van der Waals surface area contributed by atoms with Gasteiger partial charge < -0.3 is 15.0 Å². The number of hydrogen-bond donors (Lipinski definition) is 2. The lowest BCUT2D eigenvalue weighted by molar-refractivity contribution is 0.0950. The molecule has 0 saturated heterocycles. The van der Waals surface area contributed by atoms with Gasteiger partial charge in [-0.15, -0.1) is 0 Å². The maximum Gasteiger partial charge on any atom is 0.251 e. The number of amides is 1. The van der Waals surface area contributed by atoms with Crippen molar-refractivity contribution >= 4 is 5.91 Å². The van der Waals surface area contributed by atoms with E-state index in [0.717, 1.165) is 11.4 Å². The first-order valence-electron chi connectivity index (χ1n) is 6.63. The largest absolute Gasteiger partial charge is 0.493 e. The Morgan fingerprint density at radius 3 is 2.70 bits per heavy atom. The third-order valence-electron chi connectivity index (χ3n) is 2.69. The van der Waals surface area contributed by atoms with E-state index in [2.05, 4.69) is 29.1 Å². The normalized spacial score (nSPS) is 10.6. The third kappa shape index (κ3) is 4.12. The lowest BCUT2D eigenvalue weighted by atomic mass is 10.2. The number of rotatable bonds is 6. The second-order valence-electron chi connectivity index (χ2n) is 4.99. The van der Waals surface area contributed by atoms with E-state index in [4.69, 9.17) is 4.74 Å². The molecule has 0 radical (unpaired) electrons. The van der Waals surface area contributed by atoms with Crippen molar-refractivity contribution in [2.24, 2.45) is 5.92 Å². The van der Waals surface area contributed by atoms with Gasteiger partial charge in [0.15, 0.2) is 0 Å². The van der Waals surface area contributed by atoms with E-state index in [9.17, 15) is 4.79 Å². The van der Waals surface area contributed by atoms with Crippen LogP contribution in [0.4, 0.5) is 0 Å². The number of carbonyl (C=O) groups is 1. The number of hydrogen-bond acceptors (Lipinski definition) is 3. The molecule has 0 saturated carbocycles. The highest BCUT2D eigenvalue weighted by Crippen LogP contribution is 2.13. The highest BCUT2D eigenvalue weighted by Gasteiger charge is 2.06. The van der Waals surface area contributed by atoms with Crippen LogP contribution in [0.2, 0.25) is 0 Å². The Labute approximate surface area is 118 Å². The van der Waals surface area contributed by atoms with Gasteiger partial charge in [0.05, 0.1) is 25.2 Å². The topological polar surface area (TPSA) is 67.0 Å². The van der Waals surface area contributed by atoms with Crippen LogP contribution in [-0.4, -0.2) is 22.5 Å². The van der Waals surface area contributed by atoms with E-state index in [1.54, 1.807) is 24.7 Å². The van der Waals surface area contributed by atoms with E-state index in [0.29, 0.717) is 24.6 Å². The number of benzene rings is 1. The molecule has 1 aromatic carbocycles. The minimum atomic E-state index is -0.116. The summed E-state index contributed by atoms with van der Waals surface area (Å²) in [6.45, 7) is 5.30. The number of carbonyl (C=O) groups excluding carboxylic acids is 1. The summed E-state index contributed by atoms with van der Waals surface area (Å²) in [7, 11) is 0. The minimum Gasteiger partial charge on any atom is -0.493 e. The molecule has 0 fully saturated rings. The quantitative estimate of drug-likeness (QED) is 0.849. The van der Waals surface area contributed by atoms with Crippen LogP contribution in [-0.2, 0) is 6.54 Å². The van der Waals surface area contributed by atoms with Crippen molar-refractivity contribution in [3.63, 3.8) is 0 Å². The molecule has 1 amide bonds. The molecule has 2 rings (SSSR count). The molecule has 0 bridgehead atoms. The van der Waals surface area contributed by atoms with Crippen molar-refractivity contribution in [1.82, 2.24) is 15.3 Å². The number of nitrogens with one attached hydrogen (secondary N) is 2. The number of imidazole rings is 1. The zero-order valence-electron chi connectivity index (χ0n) is 11.7. The maximum atomic E-state index is 11.9. The first kappa shape index (κ1) is 14.1. The van der Waals surface area contributed by atoms with Gasteiger partial charge >= 0.3 is 0 Å². The Balaban J connectivity index is 1.87. The van der Waals surface area contributed by atoms with E-state index in [1.165, 1.54) is 0 Å². The third-order valence-corrected chi connectivity index (χ3v) is 2.69. The Hall–Kier alpha value is -2.30. The Kier molecular flexibility index (Phi) is 4.76. The van der Waals surface area contributed by atoms with Gasteiger partial charge in [0.2, 0.25) is 0 Å². The first-order chi connectivity index (χ1) is 9.65. The summed E-state index contributed by atoms with van der Waals surface area (Å²) in [5.74, 6) is 1.14. The van der Waals surface area contributed by atoms with Crippen molar-refractivity contribution in [1.29, 1.82) is 0 Å². The average Bonchev–Trinajstić information content (AvgIpc) is 2.96. The summed E-state index contributed by atoms with van der Waals surface area (Å²) < 4.78 is 5.58. The van der Waals surface area contributed by atoms with Crippen LogP contribution in [0.1, 0.15) is 29.9 Å². The van der Waals surface area contributed by atoms with Crippen LogP contribution in [0, 0.1) is 5.92 Å². The Bertz CT molecular complexity index is 533. The van der Waals surface area contributed by atoms with Crippen LogP contribution in [0.25, 0.3) is 0 Å². The molecule has 1 heterocycles. The van der Waals surface area contributed by atoms with Crippen LogP contribution < -0.4 is 10.1 Å². The first-order valence-corrected chi connectivity index (χ1v) is 6.63. The molecule has 0 spiro atoms. The SMILES string of the molecule is CC(C)COc1ccc(C(=O)NCc2cnc[nH]2)cc1. The van der Waals surface area contributed by atoms with Gasteiger partial charge in [-0.3, -0.25) is 4.79 Å². The van der Waals surface area contributed by atoms with Gasteiger partial charge in [-0.2, -0.15) is 0 Å². The van der Waals surface area contributed by atoms with Gasteiger partial charge in [0, 0.05) is 11.8 Å². The molecule has 0 atom stereocenters. The number of aromatic nitrogens is 2. The van der Waals surface area contributed by atoms with Gasteiger partial charge in [-0.25, -0.2) is 4.98 Å². The molecule has 2 aromatic rings. The fourth-order valence-corrected chi connectivity index (χ4v) is 1.62. The van der Waals surface area contributed by atoms with E-state index < -0.39 is 0 Å². The summed E-state index contributed by atoms with van der Waals surface area (Å²) in [5.41, 5.74) is 1.48. The zero-order chi connectivity index (χ0) is 14.4. The molecule has 0 aliphatic carbocycles. The van der Waals surface area contributed by atoms with Gasteiger partial charge in [0.1, 0.15) is 5.75 Å². The molecule has 0 aliphatic heterocycles. The highest BCUT2D eigenvalue weighted by atomic mass is 16.5. The van der Waals surface area contributed by atoms with E-state index >= 15 is 0 Å². The molecule has 1 aromatic heterocycles. The summed E-state index contributed by atoms with van der Waals surface area (Å²) in [6.07, 6.45) is 3.27. The lowest BCUT2D eigenvalue weighted by Crippen LogP contribution is -2.22. The van der Waals surface area contributed by atoms with Crippen molar-refractivity contribution < 1.29 is 9.53 Å². The minimum absolute atomic E-state index is 0.116. The average molecular weight is 273 g/mol. The van der Waals surface area contributed by atoms with E-state index in [-0.39, 0.29) is 5.91 Å². The van der Waals surface area contributed by atoms with Gasteiger partial charge in [-0.1, -0.05) is 13.8 Å². The monoisotopic (exact) mass is 273 g/mol. The molecule has 5 heteroatoms. The van der Waals surface area contributed by atoms with Crippen molar-refractivity contribution in [3.05, 3.63) is 48.0 Å². The van der Waals surface area contributed by atoms with Crippen molar-refractivity contribution in [3.8, 4) is 5.75 Å². The summed E-state index contributed by atoms with van der Waals surface area (Å²) in [4.78, 5) is 18.8. The summed E-state index contributed by atoms with van der Waals surface area (Å²) >= 11 is 0. The molecule has 0 unspecified atom stereocenters. The fraction of sp³-hybridized carbons (Fsp3) is 0.333. The van der Waals surface area contributed by atoms with Gasteiger partial charge in [-0.05, 0) is 30.2 Å². The second kappa shape index (κ2) is 6.75. The predicted molar refractivity (Wildman–Crippen MR) is 76.5 cm³/mol. The molecule has 0 aliphatic rings. The molecular formula is C15H19N3O2. The maximum absolute atomic E-state index is 11.9. The standard InChI is InChI=1S/C15H19N3O2/c1-11(2)9-20-14-5-3-12(4-6-14)15(19)17-8-13-7-16-10-18-13/h3-7,10-11H,8-9H2,1-2H3,(H,16,18)(H,17,19). The van der Waals surface area contributed by atoms with Crippen LogP contribution >= 0.6 is 0 Å². The Morgan fingerprint density at radius 2 is 2.10 bits per heavy atom. The summed E-state index contributed by atoms with van der Waals surface area (Å²) in [5, 5.41) is 2.82. The number of ether oxygens (including phenoxy) is 1. The number of nitrogens with zero attached hydrogens (tertiary/aromatic N) is 1. The molecule has 20 heavy (non-hydrogen) atoms. The van der Waals surface area contributed by atoms with Gasteiger partial charge in [0.25, 0.3) is 5.91 Å². The Morgan fingerprint density at radius 1 is 1.35 bits per heavy atom. The lowest BCUT2D eigenvalue weighted by Gasteiger charge is -2.09. The summed E-state index contributed by atoms with van der Waals surface area (Å²) in [6, 6.07) is 7.15. The number of aromatic amines is 1. The van der Waals surface area contributed by atoms with Crippen LogP contribution in [0.3, 0.4) is 0 Å². The van der Waals surface area contributed by atoms with Crippen LogP contribution in [0.5, 0.6) is 5.75 Å². The molecule has 5 nitrogen and oxygen atoms in total. The smallest absolute Gasteiger partial charge is 0.251 e. The predicted octanol–water partition coefficient (Wildman–Crippen LogP) is 2.37. The van der Waals surface area contributed by atoms with Crippen molar-refractivity contribution in [2.45, 2.75) is 20.4 Å². The zero-order valence-corrected chi connectivity index (χ0v) is 11.7. The highest BCUT2D eigenvalue weighted by molar-refractivity contribution is 5.94. The van der Waals surface area contributed by atoms with E-state index in [1.807, 2.05) is 12.1 Å².